The molecule has 0 saturated carbocycles. The summed E-state index contributed by atoms with van der Waals surface area (Å²) < 4.78 is 3.04. The summed E-state index contributed by atoms with van der Waals surface area (Å²) in [6.45, 7) is 1.55. The van der Waals surface area contributed by atoms with E-state index in [1.807, 2.05) is 37.3 Å². The maximum atomic E-state index is 11.4. The van der Waals surface area contributed by atoms with Crippen molar-refractivity contribution in [1.82, 2.24) is 10.6 Å². The molecule has 8 heteroatoms. The Morgan fingerprint density at radius 3 is 2.50 bits per heavy atom. The van der Waals surface area contributed by atoms with Crippen LogP contribution in [0.15, 0.2) is 30.3 Å². The smallest absolute Gasteiger partial charge is 0.413 e. The summed E-state index contributed by atoms with van der Waals surface area (Å²) in [6.07, 6.45) is -0.783. The van der Waals surface area contributed by atoms with Gasteiger partial charge in [0.05, 0.1) is 6.04 Å². The zero-order valence-corrected chi connectivity index (χ0v) is 13.6. The molecule has 2 N–H and O–H groups in total. The number of benzene rings is 1. The summed E-state index contributed by atoms with van der Waals surface area (Å²) >= 11 is 21.4. The fourth-order valence-electron chi connectivity index (χ4n) is 1.33. The van der Waals surface area contributed by atoms with Gasteiger partial charge in [-0.1, -0.05) is 65.1 Å². The summed E-state index contributed by atoms with van der Waals surface area (Å²) in [5, 5.41) is 5.42. The van der Waals surface area contributed by atoms with E-state index in [2.05, 4.69) is 10.6 Å². The Kier molecular flexibility index (Phi) is 6.82. The fraction of sp³-hybridized carbons (Fsp3) is 0.333. The predicted octanol–water partition coefficient (Wildman–Crippen LogP) is 3.72. The van der Waals surface area contributed by atoms with E-state index in [-0.39, 0.29) is 17.8 Å². The summed E-state index contributed by atoms with van der Waals surface area (Å²) in [5.41, 5.74) is 1.03. The summed E-state index contributed by atoms with van der Waals surface area (Å²) in [6, 6.07) is 9.58. The molecule has 0 aliphatic rings. The number of hydrogen-bond acceptors (Lipinski definition) is 3. The number of alkyl halides is 3. The number of halogens is 3. The number of rotatable bonds is 3. The molecule has 20 heavy (non-hydrogen) atoms. The van der Waals surface area contributed by atoms with Gasteiger partial charge in [-0.15, -0.1) is 0 Å². The largest absolute Gasteiger partial charge is 0.445 e. The lowest BCUT2D eigenvalue weighted by atomic mass is 10.1. The van der Waals surface area contributed by atoms with Gasteiger partial charge in [-0.25, -0.2) is 4.79 Å². The Bertz CT molecular complexity index is 466. The molecule has 0 radical (unpaired) electrons. The molecule has 1 rings (SSSR count). The van der Waals surface area contributed by atoms with Gasteiger partial charge >= 0.3 is 6.09 Å². The van der Waals surface area contributed by atoms with Crippen molar-refractivity contribution in [3.05, 3.63) is 35.9 Å². The molecule has 110 valence electrons. The van der Waals surface area contributed by atoms with Gasteiger partial charge in [0.1, 0.15) is 6.61 Å². The van der Waals surface area contributed by atoms with Crippen molar-refractivity contribution < 1.29 is 9.53 Å². The van der Waals surface area contributed by atoms with Crippen LogP contribution in [0.4, 0.5) is 4.79 Å². The van der Waals surface area contributed by atoms with Gasteiger partial charge in [0.2, 0.25) is 3.79 Å². The molecule has 0 fully saturated rings. The van der Waals surface area contributed by atoms with E-state index in [0.717, 1.165) is 5.56 Å². The van der Waals surface area contributed by atoms with Crippen LogP contribution >= 0.6 is 47.0 Å². The Morgan fingerprint density at radius 2 is 1.95 bits per heavy atom. The number of nitrogens with one attached hydrogen (secondary N) is 2. The fourth-order valence-corrected chi connectivity index (χ4v) is 1.76. The van der Waals surface area contributed by atoms with E-state index < -0.39 is 9.89 Å². The van der Waals surface area contributed by atoms with Crippen LogP contribution in [0.1, 0.15) is 18.5 Å². The van der Waals surface area contributed by atoms with Crippen LogP contribution in [0.5, 0.6) is 0 Å². The van der Waals surface area contributed by atoms with Gasteiger partial charge in [0.25, 0.3) is 0 Å². The normalized spacial score (nSPS) is 12.4. The summed E-state index contributed by atoms with van der Waals surface area (Å²) in [7, 11) is 0. The van der Waals surface area contributed by atoms with Crippen LogP contribution < -0.4 is 10.6 Å². The van der Waals surface area contributed by atoms with Crippen LogP contribution in [-0.2, 0) is 4.74 Å². The molecular formula is C12H13Cl3N2O2S. The van der Waals surface area contributed by atoms with Crippen molar-refractivity contribution in [2.24, 2.45) is 0 Å². The molecule has 0 aromatic heterocycles. The lowest BCUT2D eigenvalue weighted by Gasteiger charge is -2.17. The molecule has 0 saturated heterocycles. The number of thiocarbonyl (C=S) groups is 1. The topological polar surface area (TPSA) is 50.4 Å². The molecule has 0 heterocycles. The molecule has 1 aromatic rings. The van der Waals surface area contributed by atoms with Crippen LogP contribution in [0, 0.1) is 0 Å². The molecule has 1 aromatic carbocycles. The number of ether oxygens (including phenoxy) is 1. The molecule has 1 atom stereocenters. The second kappa shape index (κ2) is 7.88. The molecule has 4 nitrogen and oxygen atoms in total. The maximum Gasteiger partial charge on any atom is 0.413 e. The van der Waals surface area contributed by atoms with Crippen molar-refractivity contribution >= 4 is 58.2 Å². The average molecular weight is 356 g/mol. The van der Waals surface area contributed by atoms with E-state index in [0.29, 0.717) is 0 Å². The minimum absolute atomic E-state index is 0.0582. The van der Waals surface area contributed by atoms with Crippen molar-refractivity contribution in [2.45, 2.75) is 16.8 Å². The van der Waals surface area contributed by atoms with Gasteiger partial charge in [-0.05, 0) is 24.7 Å². The highest BCUT2D eigenvalue weighted by atomic mass is 35.6. The minimum atomic E-state index is -1.65. The number of carbonyl (C=O) groups is 1. The molecule has 0 unspecified atom stereocenters. The molecule has 0 aliphatic carbocycles. The standard InChI is InChI=1S/C12H13Cl3N2O2S/c1-8(9-5-3-2-4-6-9)16-10(20)17-11(18)19-7-12(13,14)15/h2-6,8H,7H2,1H3,(H2,16,17,18,20)/t8-/m1/s1. The summed E-state index contributed by atoms with van der Waals surface area (Å²) in [4.78, 5) is 11.4. The van der Waals surface area contributed by atoms with Crippen molar-refractivity contribution in [3.8, 4) is 0 Å². The monoisotopic (exact) mass is 354 g/mol. The second-order valence-electron chi connectivity index (χ2n) is 3.92. The number of hydrogen-bond donors (Lipinski definition) is 2. The van der Waals surface area contributed by atoms with Crippen molar-refractivity contribution in [1.29, 1.82) is 0 Å². The van der Waals surface area contributed by atoms with E-state index in [1.54, 1.807) is 0 Å². The van der Waals surface area contributed by atoms with E-state index in [9.17, 15) is 4.79 Å². The number of alkyl carbamates (subject to hydrolysis) is 1. The van der Waals surface area contributed by atoms with E-state index in [1.165, 1.54) is 0 Å². The summed E-state index contributed by atoms with van der Waals surface area (Å²) in [5.74, 6) is 0. The third-order valence-electron chi connectivity index (χ3n) is 2.23. The Balaban J connectivity index is 2.38. The average Bonchev–Trinajstić information content (AvgIpc) is 2.36. The van der Waals surface area contributed by atoms with Gasteiger partial charge in [-0.2, -0.15) is 0 Å². The Morgan fingerprint density at radius 1 is 1.35 bits per heavy atom. The highest BCUT2D eigenvalue weighted by Gasteiger charge is 2.22. The zero-order valence-electron chi connectivity index (χ0n) is 10.5. The molecular weight excluding hydrogens is 343 g/mol. The van der Waals surface area contributed by atoms with Crippen molar-refractivity contribution in [3.63, 3.8) is 0 Å². The Labute approximate surface area is 137 Å². The molecule has 0 bridgehead atoms. The van der Waals surface area contributed by atoms with Gasteiger partial charge in [-0.3, -0.25) is 5.32 Å². The predicted molar refractivity (Wildman–Crippen MR) is 85.4 cm³/mol. The quantitative estimate of drug-likeness (QED) is 0.641. The number of carbonyl (C=O) groups excluding carboxylic acids is 1. The van der Waals surface area contributed by atoms with Crippen LogP contribution in [0.2, 0.25) is 0 Å². The lowest BCUT2D eigenvalue weighted by Crippen LogP contribution is -2.41. The lowest BCUT2D eigenvalue weighted by molar-refractivity contribution is 0.153. The van der Waals surface area contributed by atoms with E-state index >= 15 is 0 Å². The van der Waals surface area contributed by atoms with Crippen LogP contribution in [-0.4, -0.2) is 21.6 Å². The first-order chi connectivity index (χ1) is 9.28. The second-order valence-corrected chi connectivity index (χ2v) is 6.85. The first-order valence-electron chi connectivity index (χ1n) is 5.64. The zero-order chi connectivity index (χ0) is 15.2. The van der Waals surface area contributed by atoms with Gasteiger partial charge in [0.15, 0.2) is 5.11 Å². The first-order valence-corrected chi connectivity index (χ1v) is 7.18. The van der Waals surface area contributed by atoms with Gasteiger partial charge in [0, 0.05) is 0 Å². The number of amides is 1. The first kappa shape index (κ1) is 17.3. The highest BCUT2D eigenvalue weighted by Crippen LogP contribution is 2.25. The van der Waals surface area contributed by atoms with Crippen LogP contribution in [0.25, 0.3) is 0 Å². The third-order valence-corrected chi connectivity index (χ3v) is 2.78. The highest BCUT2D eigenvalue weighted by molar-refractivity contribution is 7.80. The molecule has 1 amide bonds. The molecule has 0 aliphatic heterocycles. The third kappa shape index (κ3) is 7.14. The maximum absolute atomic E-state index is 11.4. The molecule has 0 spiro atoms. The van der Waals surface area contributed by atoms with E-state index in [4.69, 9.17) is 51.8 Å². The van der Waals surface area contributed by atoms with Crippen LogP contribution in [0.3, 0.4) is 0 Å². The van der Waals surface area contributed by atoms with Crippen molar-refractivity contribution in [2.75, 3.05) is 6.61 Å². The van der Waals surface area contributed by atoms with Gasteiger partial charge < -0.3 is 10.1 Å². The minimum Gasteiger partial charge on any atom is -0.445 e. The Hall–Kier alpha value is -0.750. The SMILES string of the molecule is C[C@@H](NC(=S)NC(=O)OCC(Cl)(Cl)Cl)c1ccccc1.